The van der Waals surface area contributed by atoms with Crippen LogP contribution in [0.5, 0.6) is 5.88 Å². The fourth-order valence-corrected chi connectivity index (χ4v) is 2.08. The minimum Gasteiger partial charge on any atom is -0.481 e. The van der Waals surface area contributed by atoms with Gasteiger partial charge in [0.1, 0.15) is 0 Å². The minimum atomic E-state index is -0.263. The van der Waals surface area contributed by atoms with E-state index in [-0.39, 0.29) is 12.5 Å². The van der Waals surface area contributed by atoms with E-state index in [9.17, 15) is 4.79 Å². The van der Waals surface area contributed by atoms with Crippen LogP contribution in [0.3, 0.4) is 0 Å². The topological polar surface area (TPSA) is 63.2 Å². The van der Waals surface area contributed by atoms with Gasteiger partial charge in [0.25, 0.3) is 0 Å². The van der Waals surface area contributed by atoms with Gasteiger partial charge in [-0.25, -0.2) is 4.98 Å². The van der Waals surface area contributed by atoms with Crippen LogP contribution in [0.15, 0.2) is 36.5 Å². The van der Waals surface area contributed by atoms with Crippen LogP contribution in [0.2, 0.25) is 10.0 Å². The molecule has 2 rings (SSSR count). The van der Waals surface area contributed by atoms with Crippen molar-refractivity contribution in [2.45, 2.75) is 0 Å². The third-order valence-corrected chi connectivity index (χ3v) is 3.26. The van der Waals surface area contributed by atoms with Crippen molar-refractivity contribution in [3.63, 3.8) is 0 Å². The summed E-state index contributed by atoms with van der Waals surface area (Å²) in [6, 6.07) is 8.49. The van der Waals surface area contributed by atoms with Crippen molar-refractivity contribution >= 4 is 40.5 Å². The average molecular weight is 326 g/mol. The lowest BCUT2D eigenvalue weighted by Crippen LogP contribution is -2.22. The lowest BCUT2D eigenvalue weighted by Gasteiger charge is -2.10. The van der Waals surface area contributed by atoms with Crippen LogP contribution in [-0.2, 0) is 4.79 Å². The second-order valence-electron chi connectivity index (χ2n) is 4.09. The van der Waals surface area contributed by atoms with Crippen molar-refractivity contribution < 1.29 is 9.53 Å². The maximum Gasteiger partial charge on any atom is 0.243 e. The molecule has 1 aromatic heterocycles. The highest BCUT2D eigenvalue weighted by atomic mass is 35.5. The zero-order valence-electron chi connectivity index (χ0n) is 11.2. The summed E-state index contributed by atoms with van der Waals surface area (Å²) in [6.45, 7) is 0.0650. The summed E-state index contributed by atoms with van der Waals surface area (Å²) in [4.78, 5) is 15.9. The molecule has 0 unspecified atom stereocenters. The molecule has 7 heteroatoms. The van der Waals surface area contributed by atoms with Crippen molar-refractivity contribution in [1.29, 1.82) is 0 Å². The monoisotopic (exact) mass is 325 g/mol. The molecule has 0 atom stereocenters. The van der Waals surface area contributed by atoms with Crippen LogP contribution < -0.4 is 15.4 Å². The van der Waals surface area contributed by atoms with E-state index in [4.69, 9.17) is 27.9 Å². The van der Waals surface area contributed by atoms with Gasteiger partial charge in [-0.05, 0) is 18.2 Å². The molecule has 0 saturated carbocycles. The van der Waals surface area contributed by atoms with Gasteiger partial charge in [0, 0.05) is 6.07 Å². The van der Waals surface area contributed by atoms with Gasteiger partial charge >= 0.3 is 0 Å². The number of benzene rings is 1. The maximum absolute atomic E-state index is 11.9. The van der Waals surface area contributed by atoms with E-state index in [0.29, 0.717) is 27.3 Å². The molecule has 0 aliphatic heterocycles. The molecular formula is C14H13Cl2N3O2. The van der Waals surface area contributed by atoms with Crippen LogP contribution in [0.1, 0.15) is 0 Å². The van der Waals surface area contributed by atoms with Crippen molar-refractivity contribution in [1.82, 2.24) is 4.98 Å². The Balaban J connectivity index is 1.92. The SMILES string of the molecule is COc1ccc(NCC(=O)Nc2c(Cl)cccc2Cl)cn1. The van der Waals surface area contributed by atoms with Crippen molar-refractivity contribution in [3.8, 4) is 5.88 Å². The zero-order valence-corrected chi connectivity index (χ0v) is 12.7. The van der Waals surface area contributed by atoms with E-state index in [0.717, 1.165) is 0 Å². The van der Waals surface area contributed by atoms with Crippen molar-refractivity contribution in [2.75, 3.05) is 24.3 Å². The number of rotatable bonds is 5. The molecule has 1 aromatic carbocycles. The zero-order chi connectivity index (χ0) is 15.2. The van der Waals surface area contributed by atoms with E-state index < -0.39 is 0 Å². The summed E-state index contributed by atoms with van der Waals surface area (Å²) in [5.74, 6) is 0.244. The fraction of sp³-hybridized carbons (Fsp3) is 0.143. The number of methoxy groups -OCH3 is 1. The Morgan fingerprint density at radius 3 is 2.52 bits per heavy atom. The normalized spacial score (nSPS) is 10.0. The molecule has 1 amide bonds. The number of anilines is 2. The standard InChI is InChI=1S/C14H13Cl2N3O2/c1-21-13-6-5-9(7-18-13)17-8-12(20)19-14-10(15)3-2-4-11(14)16/h2-7,17H,8H2,1H3,(H,19,20). The first-order chi connectivity index (χ1) is 10.1. The predicted molar refractivity (Wildman–Crippen MR) is 84.4 cm³/mol. The number of pyridine rings is 1. The quantitative estimate of drug-likeness (QED) is 0.883. The van der Waals surface area contributed by atoms with Gasteiger partial charge in [0.15, 0.2) is 0 Å². The molecular weight excluding hydrogens is 313 g/mol. The van der Waals surface area contributed by atoms with Crippen LogP contribution in [-0.4, -0.2) is 24.5 Å². The Hall–Kier alpha value is -1.98. The molecule has 1 heterocycles. The molecule has 5 nitrogen and oxygen atoms in total. The molecule has 2 aromatic rings. The largest absolute Gasteiger partial charge is 0.481 e. The molecule has 0 bridgehead atoms. The number of amides is 1. The number of hydrogen-bond acceptors (Lipinski definition) is 4. The Kier molecular flexibility index (Phi) is 5.25. The fourth-order valence-electron chi connectivity index (χ4n) is 1.59. The maximum atomic E-state index is 11.9. The number of ether oxygens (including phenoxy) is 1. The average Bonchev–Trinajstić information content (AvgIpc) is 2.49. The van der Waals surface area contributed by atoms with E-state index in [1.54, 1.807) is 36.5 Å². The van der Waals surface area contributed by atoms with Gasteiger partial charge in [-0.15, -0.1) is 0 Å². The second kappa shape index (κ2) is 7.15. The summed E-state index contributed by atoms with van der Waals surface area (Å²) >= 11 is 12.0. The van der Waals surface area contributed by atoms with Crippen LogP contribution >= 0.6 is 23.2 Å². The second-order valence-corrected chi connectivity index (χ2v) is 4.90. The lowest BCUT2D eigenvalue weighted by atomic mass is 10.3. The number of carbonyl (C=O) groups is 1. The molecule has 0 aliphatic rings. The Morgan fingerprint density at radius 1 is 1.24 bits per heavy atom. The summed E-state index contributed by atoms with van der Waals surface area (Å²) in [5.41, 5.74) is 1.11. The first-order valence-corrected chi connectivity index (χ1v) is 6.83. The third kappa shape index (κ3) is 4.24. The number of halogens is 2. The molecule has 0 radical (unpaired) electrons. The Bertz CT molecular complexity index is 612. The first-order valence-electron chi connectivity index (χ1n) is 6.08. The van der Waals surface area contributed by atoms with Crippen molar-refractivity contribution in [2.24, 2.45) is 0 Å². The van der Waals surface area contributed by atoms with E-state index in [2.05, 4.69) is 15.6 Å². The number of nitrogens with one attached hydrogen (secondary N) is 2. The highest BCUT2D eigenvalue weighted by molar-refractivity contribution is 6.39. The van der Waals surface area contributed by atoms with Crippen LogP contribution in [0.25, 0.3) is 0 Å². The van der Waals surface area contributed by atoms with Gasteiger partial charge in [0.2, 0.25) is 11.8 Å². The minimum absolute atomic E-state index is 0.0650. The Morgan fingerprint density at radius 2 is 1.95 bits per heavy atom. The van der Waals surface area contributed by atoms with Crippen LogP contribution in [0.4, 0.5) is 11.4 Å². The van der Waals surface area contributed by atoms with Crippen molar-refractivity contribution in [3.05, 3.63) is 46.6 Å². The number of aromatic nitrogens is 1. The molecule has 0 saturated heterocycles. The number of nitrogens with zero attached hydrogens (tertiary/aromatic N) is 1. The van der Waals surface area contributed by atoms with E-state index in [1.165, 1.54) is 7.11 Å². The van der Waals surface area contributed by atoms with Crippen LogP contribution in [0, 0.1) is 0 Å². The van der Waals surface area contributed by atoms with Gasteiger partial charge in [0.05, 0.1) is 41.3 Å². The Labute approximate surface area is 132 Å². The summed E-state index contributed by atoms with van der Waals surface area (Å²) < 4.78 is 4.95. The summed E-state index contributed by atoms with van der Waals surface area (Å²) in [7, 11) is 1.54. The molecule has 0 aliphatic carbocycles. The van der Waals surface area contributed by atoms with E-state index in [1.807, 2.05) is 0 Å². The molecule has 2 N–H and O–H groups in total. The molecule has 110 valence electrons. The highest BCUT2D eigenvalue weighted by Gasteiger charge is 2.09. The van der Waals surface area contributed by atoms with Gasteiger partial charge < -0.3 is 15.4 Å². The van der Waals surface area contributed by atoms with Gasteiger partial charge in [-0.1, -0.05) is 29.3 Å². The number of para-hydroxylation sites is 1. The van der Waals surface area contributed by atoms with Gasteiger partial charge in [-0.2, -0.15) is 0 Å². The first kappa shape index (κ1) is 15.4. The summed E-state index contributed by atoms with van der Waals surface area (Å²) in [5, 5.41) is 6.38. The third-order valence-electron chi connectivity index (χ3n) is 2.63. The molecule has 0 spiro atoms. The predicted octanol–water partition coefficient (Wildman–Crippen LogP) is 3.45. The van der Waals surface area contributed by atoms with Gasteiger partial charge in [-0.3, -0.25) is 4.79 Å². The smallest absolute Gasteiger partial charge is 0.243 e. The lowest BCUT2D eigenvalue weighted by molar-refractivity contribution is -0.114. The van der Waals surface area contributed by atoms with E-state index >= 15 is 0 Å². The molecule has 21 heavy (non-hydrogen) atoms. The highest BCUT2D eigenvalue weighted by Crippen LogP contribution is 2.29. The number of carbonyl (C=O) groups excluding carboxylic acids is 1. The number of hydrogen-bond donors (Lipinski definition) is 2. The summed E-state index contributed by atoms with van der Waals surface area (Å²) in [6.07, 6.45) is 1.58. The molecule has 0 fully saturated rings.